The van der Waals surface area contributed by atoms with Crippen LogP contribution in [0.4, 0.5) is 5.00 Å². The number of aliphatic carboxylic acids is 1. The van der Waals surface area contributed by atoms with Gasteiger partial charge < -0.3 is 15.2 Å². The van der Waals surface area contributed by atoms with Crippen LogP contribution in [0.5, 0.6) is 0 Å². The highest BCUT2D eigenvalue weighted by molar-refractivity contribution is 7.17. The van der Waals surface area contributed by atoms with Gasteiger partial charge in [0.1, 0.15) is 10.6 Å². The van der Waals surface area contributed by atoms with Crippen LogP contribution >= 0.6 is 11.3 Å². The van der Waals surface area contributed by atoms with E-state index in [-0.39, 0.29) is 24.3 Å². The van der Waals surface area contributed by atoms with Gasteiger partial charge in [-0.1, -0.05) is 18.2 Å². The normalized spacial score (nSPS) is 23.9. The Morgan fingerprint density at radius 1 is 1.09 bits per heavy atom. The van der Waals surface area contributed by atoms with Crippen molar-refractivity contribution in [3.63, 3.8) is 0 Å². The molecule has 0 aliphatic heterocycles. The molecule has 2 saturated carbocycles. The summed E-state index contributed by atoms with van der Waals surface area (Å²) in [6.07, 6.45) is 2.54. The number of hydrogen-bond acceptors (Lipinski definition) is 5. The maximum absolute atomic E-state index is 13.3. The summed E-state index contributed by atoms with van der Waals surface area (Å²) in [5.41, 5.74) is 4.27. The fourth-order valence-corrected chi connectivity index (χ4v) is 6.56. The summed E-state index contributed by atoms with van der Waals surface area (Å²) >= 11 is 1.34. The van der Waals surface area contributed by atoms with Crippen LogP contribution in [0.15, 0.2) is 18.2 Å². The van der Waals surface area contributed by atoms with Gasteiger partial charge in [0.25, 0.3) is 0 Å². The van der Waals surface area contributed by atoms with Crippen molar-refractivity contribution >= 4 is 34.2 Å². The molecule has 0 unspecified atom stereocenters. The van der Waals surface area contributed by atoms with Crippen molar-refractivity contribution in [3.05, 3.63) is 39.8 Å². The lowest BCUT2D eigenvalue weighted by Gasteiger charge is -2.27. The first-order valence-electron chi connectivity index (χ1n) is 11.1. The minimum Gasteiger partial charge on any atom is -0.481 e. The highest BCUT2D eigenvalue weighted by Gasteiger charge is 2.54. The van der Waals surface area contributed by atoms with Gasteiger partial charge in [0, 0.05) is 10.4 Å². The SMILES string of the molecule is CCOC(=O)c1c(NC(=O)[C@H]2[C@H]3CC[C@@H](C3)[C@@H]2C(=O)O)sc(C)c1-c1ccc(C)c(C)c1. The van der Waals surface area contributed by atoms with Crippen LogP contribution in [0, 0.1) is 44.4 Å². The summed E-state index contributed by atoms with van der Waals surface area (Å²) in [6, 6.07) is 6.03. The third-order valence-corrected chi connectivity index (χ3v) is 8.12. The quantitative estimate of drug-likeness (QED) is 0.584. The minimum atomic E-state index is -0.902. The van der Waals surface area contributed by atoms with Gasteiger partial charge in [0.05, 0.1) is 18.4 Å². The molecular weight excluding hydrogens is 426 g/mol. The summed E-state index contributed by atoms with van der Waals surface area (Å²) in [7, 11) is 0. The number of amides is 1. The van der Waals surface area contributed by atoms with E-state index in [0.717, 1.165) is 46.4 Å². The zero-order chi connectivity index (χ0) is 23.2. The topological polar surface area (TPSA) is 92.7 Å². The molecule has 2 fully saturated rings. The summed E-state index contributed by atoms with van der Waals surface area (Å²) in [5, 5.41) is 13.1. The second-order valence-corrected chi connectivity index (χ2v) is 10.2. The average Bonchev–Trinajstić information content (AvgIpc) is 3.43. The number of fused-ring (bicyclic) bond motifs is 2. The smallest absolute Gasteiger partial charge is 0.341 e. The molecule has 2 aliphatic carbocycles. The van der Waals surface area contributed by atoms with Crippen molar-refractivity contribution in [2.45, 2.75) is 47.0 Å². The number of rotatable bonds is 6. The first kappa shape index (κ1) is 22.5. The predicted molar refractivity (Wildman–Crippen MR) is 124 cm³/mol. The number of benzene rings is 1. The lowest BCUT2D eigenvalue weighted by molar-refractivity contribution is -0.148. The van der Waals surface area contributed by atoms with Gasteiger partial charge in [-0.25, -0.2) is 4.79 Å². The number of thiophene rings is 1. The van der Waals surface area contributed by atoms with Crippen molar-refractivity contribution in [2.24, 2.45) is 23.7 Å². The Morgan fingerprint density at radius 3 is 2.41 bits per heavy atom. The number of aryl methyl sites for hydroxylation is 3. The Bertz CT molecular complexity index is 1090. The van der Waals surface area contributed by atoms with Gasteiger partial charge in [-0.3, -0.25) is 9.59 Å². The molecule has 0 saturated heterocycles. The fourth-order valence-electron chi connectivity index (χ4n) is 5.49. The van der Waals surface area contributed by atoms with E-state index < -0.39 is 23.8 Å². The van der Waals surface area contributed by atoms with Crippen LogP contribution in [0.3, 0.4) is 0 Å². The van der Waals surface area contributed by atoms with Gasteiger partial charge in [-0.05, 0) is 75.5 Å². The molecule has 2 aromatic rings. The molecule has 1 aromatic carbocycles. The number of carboxylic acid groups (broad SMARTS) is 1. The lowest BCUT2D eigenvalue weighted by atomic mass is 9.78. The van der Waals surface area contributed by atoms with Gasteiger partial charge in [-0.15, -0.1) is 11.3 Å². The molecule has 0 spiro atoms. The van der Waals surface area contributed by atoms with Gasteiger partial charge in [0.15, 0.2) is 0 Å². The molecule has 6 nitrogen and oxygen atoms in total. The van der Waals surface area contributed by atoms with Crippen molar-refractivity contribution in [3.8, 4) is 11.1 Å². The Labute approximate surface area is 192 Å². The second kappa shape index (κ2) is 8.70. The molecular formula is C25H29NO5S. The van der Waals surface area contributed by atoms with Crippen LogP contribution < -0.4 is 5.32 Å². The molecule has 2 bridgehead atoms. The second-order valence-electron chi connectivity index (χ2n) is 8.97. The number of carbonyl (C=O) groups excluding carboxylic acids is 2. The highest BCUT2D eigenvalue weighted by Crippen LogP contribution is 2.53. The highest BCUT2D eigenvalue weighted by atomic mass is 32.1. The van der Waals surface area contributed by atoms with Crippen LogP contribution in [0.1, 0.15) is 52.5 Å². The van der Waals surface area contributed by atoms with Crippen LogP contribution in [0.25, 0.3) is 11.1 Å². The van der Waals surface area contributed by atoms with Crippen molar-refractivity contribution in [1.82, 2.24) is 0 Å². The Morgan fingerprint density at radius 2 is 1.78 bits per heavy atom. The van der Waals surface area contributed by atoms with Crippen LogP contribution in [-0.4, -0.2) is 29.6 Å². The zero-order valence-corrected chi connectivity index (χ0v) is 19.7. The molecule has 1 aromatic heterocycles. The predicted octanol–water partition coefficient (Wildman–Crippen LogP) is 5.20. The molecule has 2 aliphatic rings. The number of esters is 1. The standard InChI is InChI=1S/C25H29NO5S/c1-5-31-25(30)21-18(15-7-6-12(2)13(3)10-15)14(4)32-23(21)26-22(27)19-16-8-9-17(11-16)20(19)24(28)29/h6-7,10,16-17,19-20H,5,8-9,11H2,1-4H3,(H,26,27)(H,28,29)/t16-,17-,19-,20-/m0/s1. The lowest BCUT2D eigenvalue weighted by Crippen LogP contribution is -2.37. The molecule has 170 valence electrons. The van der Waals surface area contributed by atoms with Crippen molar-refractivity contribution in [1.29, 1.82) is 0 Å². The van der Waals surface area contributed by atoms with E-state index in [1.165, 1.54) is 11.3 Å². The molecule has 7 heteroatoms. The van der Waals surface area contributed by atoms with Gasteiger partial charge >= 0.3 is 11.9 Å². The molecule has 4 rings (SSSR count). The van der Waals surface area contributed by atoms with Gasteiger partial charge in [-0.2, -0.15) is 0 Å². The molecule has 0 radical (unpaired) electrons. The van der Waals surface area contributed by atoms with E-state index in [4.69, 9.17) is 4.74 Å². The van der Waals surface area contributed by atoms with E-state index in [2.05, 4.69) is 5.32 Å². The molecule has 32 heavy (non-hydrogen) atoms. The fraction of sp³-hybridized carbons (Fsp3) is 0.480. The molecule has 4 atom stereocenters. The molecule has 1 heterocycles. The first-order chi connectivity index (χ1) is 15.2. The number of hydrogen-bond donors (Lipinski definition) is 2. The molecule has 2 N–H and O–H groups in total. The number of ether oxygens (including phenoxy) is 1. The summed E-state index contributed by atoms with van der Waals surface area (Å²) < 4.78 is 5.34. The largest absolute Gasteiger partial charge is 0.481 e. The number of carboxylic acids is 1. The maximum Gasteiger partial charge on any atom is 0.341 e. The minimum absolute atomic E-state index is 0.0638. The van der Waals surface area contributed by atoms with Crippen molar-refractivity contribution in [2.75, 3.05) is 11.9 Å². The number of anilines is 1. The Kier molecular flexibility index (Phi) is 6.12. The monoisotopic (exact) mass is 455 g/mol. The van der Waals surface area contributed by atoms with Crippen LogP contribution in [-0.2, 0) is 14.3 Å². The number of carbonyl (C=O) groups is 3. The third kappa shape index (κ3) is 3.83. The summed E-state index contributed by atoms with van der Waals surface area (Å²) in [6.45, 7) is 7.95. The van der Waals surface area contributed by atoms with E-state index in [1.54, 1.807) is 6.92 Å². The van der Waals surface area contributed by atoms with E-state index in [9.17, 15) is 19.5 Å². The van der Waals surface area contributed by atoms with Gasteiger partial charge in [0.2, 0.25) is 5.91 Å². The maximum atomic E-state index is 13.3. The summed E-state index contributed by atoms with van der Waals surface area (Å²) in [4.78, 5) is 39.0. The van der Waals surface area contributed by atoms with Crippen molar-refractivity contribution < 1.29 is 24.2 Å². The Balaban J connectivity index is 1.72. The van der Waals surface area contributed by atoms with Crippen LogP contribution in [0.2, 0.25) is 0 Å². The van der Waals surface area contributed by atoms with E-state index >= 15 is 0 Å². The Hall–Kier alpha value is -2.67. The number of nitrogens with one attached hydrogen (secondary N) is 1. The first-order valence-corrected chi connectivity index (χ1v) is 12.0. The van der Waals surface area contributed by atoms with E-state index in [0.29, 0.717) is 10.6 Å². The molecule has 1 amide bonds. The zero-order valence-electron chi connectivity index (χ0n) is 18.9. The third-order valence-electron chi connectivity index (χ3n) is 7.10. The summed E-state index contributed by atoms with van der Waals surface area (Å²) in [5.74, 6) is -2.75. The van der Waals surface area contributed by atoms with E-state index in [1.807, 2.05) is 39.0 Å². The average molecular weight is 456 g/mol.